The van der Waals surface area contributed by atoms with Gasteiger partial charge in [-0.25, -0.2) is 4.79 Å². The number of esters is 1. The number of carbonyl (C=O) groups is 2. The standard InChI is InChI=1S/C23H29NO6/c1-5-28-19-14-17(15-20(29-6-2)21(19)30-7-3)22(25)24-18(23(26)27-4)13-16-11-9-8-10-12-16/h8-12,14-15,18H,5-7,13H2,1-4H3,(H,24,25). The summed E-state index contributed by atoms with van der Waals surface area (Å²) in [5, 5.41) is 2.76. The number of benzene rings is 2. The number of rotatable bonds is 11. The summed E-state index contributed by atoms with van der Waals surface area (Å²) in [5.74, 6) is 0.312. The molecular formula is C23H29NO6. The minimum Gasteiger partial charge on any atom is -0.490 e. The Morgan fingerprint density at radius 1 is 0.900 bits per heavy atom. The van der Waals surface area contributed by atoms with Crippen molar-refractivity contribution in [1.82, 2.24) is 5.32 Å². The van der Waals surface area contributed by atoms with Gasteiger partial charge in [0.15, 0.2) is 11.5 Å². The molecule has 2 aromatic rings. The fraction of sp³-hybridized carbons (Fsp3) is 0.391. The van der Waals surface area contributed by atoms with Gasteiger partial charge in [-0.2, -0.15) is 0 Å². The largest absolute Gasteiger partial charge is 0.490 e. The SMILES string of the molecule is CCOc1cc(C(=O)NC(Cc2ccccc2)C(=O)OC)cc(OCC)c1OCC. The van der Waals surface area contributed by atoms with Crippen molar-refractivity contribution in [2.45, 2.75) is 33.2 Å². The molecule has 0 saturated heterocycles. The van der Waals surface area contributed by atoms with Crippen molar-refractivity contribution in [1.29, 1.82) is 0 Å². The van der Waals surface area contributed by atoms with Gasteiger partial charge in [0.05, 0.1) is 26.9 Å². The fourth-order valence-electron chi connectivity index (χ4n) is 2.95. The summed E-state index contributed by atoms with van der Waals surface area (Å²) in [7, 11) is 1.30. The molecule has 1 atom stereocenters. The van der Waals surface area contributed by atoms with Crippen LogP contribution in [0.5, 0.6) is 17.2 Å². The van der Waals surface area contributed by atoms with E-state index in [1.807, 2.05) is 51.1 Å². The van der Waals surface area contributed by atoms with Crippen molar-refractivity contribution >= 4 is 11.9 Å². The molecule has 30 heavy (non-hydrogen) atoms. The Labute approximate surface area is 177 Å². The highest BCUT2D eigenvalue weighted by molar-refractivity contribution is 5.98. The van der Waals surface area contributed by atoms with Crippen LogP contribution in [0.3, 0.4) is 0 Å². The number of hydrogen-bond acceptors (Lipinski definition) is 6. The number of ether oxygens (including phenoxy) is 4. The predicted octanol–water partition coefficient (Wildman–Crippen LogP) is 3.40. The lowest BCUT2D eigenvalue weighted by Crippen LogP contribution is -2.43. The topological polar surface area (TPSA) is 83.1 Å². The van der Waals surface area contributed by atoms with Gasteiger partial charge in [0.25, 0.3) is 5.91 Å². The monoisotopic (exact) mass is 415 g/mol. The van der Waals surface area contributed by atoms with Gasteiger partial charge in [-0.3, -0.25) is 4.79 Å². The van der Waals surface area contributed by atoms with Crippen LogP contribution in [-0.2, 0) is 16.0 Å². The van der Waals surface area contributed by atoms with E-state index in [1.54, 1.807) is 12.1 Å². The van der Waals surface area contributed by atoms with E-state index >= 15 is 0 Å². The Hall–Kier alpha value is -3.22. The second-order valence-electron chi connectivity index (χ2n) is 6.34. The van der Waals surface area contributed by atoms with Gasteiger partial charge in [0, 0.05) is 12.0 Å². The van der Waals surface area contributed by atoms with Gasteiger partial charge >= 0.3 is 5.97 Å². The normalized spacial score (nSPS) is 11.3. The van der Waals surface area contributed by atoms with E-state index in [1.165, 1.54) is 7.11 Å². The molecule has 0 aliphatic rings. The Bertz CT molecular complexity index is 810. The summed E-state index contributed by atoms with van der Waals surface area (Å²) in [4.78, 5) is 25.2. The average molecular weight is 415 g/mol. The molecule has 0 aliphatic carbocycles. The molecule has 2 aromatic carbocycles. The highest BCUT2D eigenvalue weighted by atomic mass is 16.5. The van der Waals surface area contributed by atoms with Crippen molar-refractivity contribution in [3.05, 3.63) is 53.6 Å². The number of nitrogens with one attached hydrogen (secondary N) is 1. The maximum Gasteiger partial charge on any atom is 0.328 e. The summed E-state index contributed by atoms with van der Waals surface area (Å²) < 4.78 is 21.9. The molecule has 7 heteroatoms. The first-order valence-electron chi connectivity index (χ1n) is 10.0. The lowest BCUT2D eigenvalue weighted by molar-refractivity contribution is -0.142. The molecule has 1 unspecified atom stereocenters. The van der Waals surface area contributed by atoms with Crippen LogP contribution in [0.4, 0.5) is 0 Å². The summed E-state index contributed by atoms with van der Waals surface area (Å²) in [5.41, 5.74) is 1.21. The highest BCUT2D eigenvalue weighted by Gasteiger charge is 2.24. The molecule has 2 rings (SSSR count). The minimum absolute atomic E-state index is 0.298. The Morgan fingerprint density at radius 3 is 1.97 bits per heavy atom. The molecule has 1 amide bonds. The minimum atomic E-state index is -0.831. The zero-order valence-corrected chi connectivity index (χ0v) is 17.9. The molecular weight excluding hydrogens is 386 g/mol. The number of hydrogen-bond donors (Lipinski definition) is 1. The van der Waals surface area contributed by atoms with Crippen LogP contribution in [0.25, 0.3) is 0 Å². The van der Waals surface area contributed by atoms with Crippen LogP contribution in [0.15, 0.2) is 42.5 Å². The summed E-state index contributed by atoms with van der Waals surface area (Å²) >= 11 is 0. The van der Waals surface area contributed by atoms with Gasteiger partial charge in [0.1, 0.15) is 6.04 Å². The van der Waals surface area contributed by atoms with E-state index in [9.17, 15) is 9.59 Å². The third kappa shape index (κ3) is 6.14. The van der Waals surface area contributed by atoms with Gasteiger partial charge in [-0.05, 0) is 38.5 Å². The summed E-state index contributed by atoms with van der Waals surface area (Å²) in [6.45, 7) is 6.76. The Morgan fingerprint density at radius 2 is 1.47 bits per heavy atom. The van der Waals surface area contributed by atoms with Gasteiger partial charge in [0.2, 0.25) is 5.75 Å². The first kappa shape index (κ1) is 23.1. The number of amides is 1. The quantitative estimate of drug-likeness (QED) is 0.567. The summed E-state index contributed by atoms with van der Waals surface area (Å²) in [6.07, 6.45) is 0.312. The van der Waals surface area contributed by atoms with Crippen LogP contribution < -0.4 is 19.5 Å². The number of carbonyl (C=O) groups excluding carboxylic acids is 2. The molecule has 0 aromatic heterocycles. The number of methoxy groups -OCH3 is 1. The Balaban J connectivity index is 2.33. The zero-order chi connectivity index (χ0) is 21.9. The van der Waals surface area contributed by atoms with E-state index < -0.39 is 17.9 Å². The molecule has 0 spiro atoms. The first-order chi connectivity index (χ1) is 14.5. The molecule has 162 valence electrons. The average Bonchev–Trinajstić information content (AvgIpc) is 2.75. The fourth-order valence-corrected chi connectivity index (χ4v) is 2.95. The second-order valence-corrected chi connectivity index (χ2v) is 6.34. The molecule has 0 radical (unpaired) electrons. The Kier molecular flexibility index (Phi) is 9.00. The van der Waals surface area contributed by atoms with Crippen molar-refractivity contribution in [3.8, 4) is 17.2 Å². The lowest BCUT2D eigenvalue weighted by Gasteiger charge is -2.19. The van der Waals surface area contributed by atoms with E-state index in [-0.39, 0.29) is 0 Å². The van der Waals surface area contributed by atoms with E-state index in [2.05, 4.69) is 5.32 Å². The molecule has 7 nitrogen and oxygen atoms in total. The lowest BCUT2D eigenvalue weighted by atomic mass is 10.1. The molecule has 0 aliphatic heterocycles. The first-order valence-corrected chi connectivity index (χ1v) is 10.0. The van der Waals surface area contributed by atoms with Crippen LogP contribution in [0.1, 0.15) is 36.7 Å². The van der Waals surface area contributed by atoms with Gasteiger partial charge < -0.3 is 24.3 Å². The maximum absolute atomic E-state index is 13.0. The van der Waals surface area contributed by atoms with Crippen LogP contribution in [0.2, 0.25) is 0 Å². The van der Waals surface area contributed by atoms with E-state index in [4.69, 9.17) is 18.9 Å². The van der Waals surface area contributed by atoms with E-state index in [0.717, 1.165) is 5.56 Å². The van der Waals surface area contributed by atoms with Crippen LogP contribution in [0, 0.1) is 0 Å². The van der Waals surface area contributed by atoms with Crippen molar-refractivity contribution in [2.75, 3.05) is 26.9 Å². The molecule has 0 fully saturated rings. The van der Waals surface area contributed by atoms with E-state index in [0.29, 0.717) is 49.1 Å². The molecule has 1 N–H and O–H groups in total. The smallest absolute Gasteiger partial charge is 0.328 e. The third-order valence-corrected chi connectivity index (χ3v) is 4.24. The predicted molar refractivity (Wildman–Crippen MR) is 113 cm³/mol. The summed E-state index contributed by atoms with van der Waals surface area (Å²) in [6, 6.07) is 11.8. The van der Waals surface area contributed by atoms with Crippen LogP contribution in [-0.4, -0.2) is 44.8 Å². The molecule has 0 bridgehead atoms. The second kappa shape index (κ2) is 11.7. The van der Waals surface area contributed by atoms with Gasteiger partial charge in [-0.1, -0.05) is 30.3 Å². The molecule has 0 heterocycles. The van der Waals surface area contributed by atoms with Crippen molar-refractivity contribution in [2.24, 2.45) is 0 Å². The zero-order valence-electron chi connectivity index (χ0n) is 17.9. The molecule has 0 saturated carbocycles. The van der Waals surface area contributed by atoms with Crippen molar-refractivity contribution < 1.29 is 28.5 Å². The van der Waals surface area contributed by atoms with Crippen LogP contribution >= 0.6 is 0 Å². The van der Waals surface area contributed by atoms with Gasteiger partial charge in [-0.15, -0.1) is 0 Å². The van der Waals surface area contributed by atoms with Crippen molar-refractivity contribution in [3.63, 3.8) is 0 Å². The third-order valence-electron chi connectivity index (χ3n) is 4.24. The maximum atomic E-state index is 13.0. The highest BCUT2D eigenvalue weighted by Crippen LogP contribution is 2.39.